The van der Waals surface area contributed by atoms with Crippen molar-refractivity contribution >= 4 is 26.8 Å². The van der Waals surface area contributed by atoms with Crippen molar-refractivity contribution in [2.24, 2.45) is 5.73 Å². The van der Waals surface area contributed by atoms with Crippen LogP contribution in [0.1, 0.15) is 17.4 Å². The zero-order valence-electron chi connectivity index (χ0n) is 9.51. The van der Waals surface area contributed by atoms with Crippen molar-refractivity contribution in [1.82, 2.24) is 4.98 Å². The van der Waals surface area contributed by atoms with Gasteiger partial charge < -0.3 is 10.2 Å². The van der Waals surface area contributed by atoms with Crippen LogP contribution in [0.15, 0.2) is 57.7 Å². The number of pyridine rings is 1. The molecule has 18 heavy (non-hydrogen) atoms. The number of rotatable bonds is 2. The van der Waals surface area contributed by atoms with Crippen LogP contribution in [0.4, 0.5) is 0 Å². The van der Waals surface area contributed by atoms with Crippen molar-refractivity contribution < 1.29 is 4.42 Å². The third-order valence-electron chi connectivity index (χ3n) is 2.93. The van der Waals surface area contributed by atoms with Crippen LogP contribution in [0, 0.1) is 0 Å². The Hall–Kier alpha value is -1.65. The number of nitrogens with zero attached hydrogens (tertiary/aromatic N) is 1. The number of halogens is 1. The maximum atomic E-state index is 6.26. The quantitative estimate of drug-likeness (QED) is 0.786. The van der Waals surface area contributed by atoms with Gasteiger partial charge in [-0.2, -0.15) is 0 Å². The number of aromatic nitrogens is 1. The molecular weight excluding hydrogens is 292 g/mol. The molecule has 0 radical (unpaired) electrons. The molecule has 0 aliphatic heterocycles. The lowest BCUT2D eigenvalue weighted by atomic mass is 10.0. The van der Waals surface area contributed by atoms with Gasteiger partial charge in [0.15, 0.2) is 0 Å². The van der Waals surface area contributed by atoms with E-state index >= 15 is 0 Å². The first kappa shape index (κ1) is 11.4. The molecule has 2 heterocycles. The molecule has 3 rings (SSSR count). The molecule has 4 heteroatoms. The zero-order valence-corrected chi connectivity index (χ0v) is 11.1. The van der Waals surface area contributed by atoms with Gasteiger partial charge in [0.2, 0.25) is 0 Å². The summed E-state index contributed by atoms with van der Waals surface area (Å²) in [4.78, 5) is 4.40. The summed E-state index contributed by atoms with van der Waals surface area (Å²) in [5.74, 6) is 0.716. The highest BCUT2D eigenvalue weighted by Gasteiger charge is 2.18. The Bertz CT molecular complexity index is 688. The van der Waals surface area contributed by atoms with E-state index in [1.165, 1.54) is 0 Å². The third-order valence-corrected chi connectivity index (χ3v) is 3.58. The van der Waals surface area contributed by atoms with Crippen LogP contribution in [-0.4, -0.2) is 4.98 Å². The number of furan rings is 1. The summed E-state index contributed by atoms with van der Waals surface area (Å²) in [6, 6.07) is 11.4. The van der Waals surface area contributed by atoms with Gasteiger partial charge in [-0.05, 0) is 28.1 Å². The second-order valence-corrected chi connectivity index (χ2v) is 4.89. The van der Waals surface area contributed by atoms with Gasteiger partial charge in [0.25, 0.3) is 0 Å². The van der Waals surface area contributed by atoms with E-state index in [-0.39, 0.29) is 6.04 Å². The monoisotopic (exact) mass is 302 g/mol. The molecule has 0 amide bonds. The SMILES string of the molecule is NC(c1occc1Br)c1cccc2cccnc12. The van der Waals surface area contributed by atoms with Gasteiger partial charge in [0.1, 0.15) is 5.76 Å². The average Bonchev–Trinajstić information content (AvgIpc) is 2.83. The van der Waals surface area contributed by atoms with Crippen molar-refractivity contribution in [3.63, 3.8) is 0 Å². The predicted molar refractivity (Wildman–Crippen MR) is 74.2 cm³/mol. The fourth-order valence-corrected chi connectivity index (χ4v) is 2.50. The van der Waals surface area contributed by atoms with Gasteiger partial charge in [-0.1, -0.05) is 24.3 Å². The topological polar surface area (TPSA) is 52.0 Å². The predicted octanol–water partition coefficient (Wildman–Crippen LogP) is 3.64. The highest BCUT2D eigenvalue weighted by molar-refractivity contribution is 9.10. The highest BCUT2D eigenvalue weighted by Crippen LogP contribution is 2.30. The Balaban J connectivity index is 2.18. The second kappa shape index (κ2) is 4.55. The van der Waals surface area contributed by atoms with Crippen LogP contribution in [0.5, 0.6) is 0 Å². The molecule has 0 saturated carbocycles. The van der Waals surface area contributed by atoms with E-state index in [4.69, 9.17) is 10.2 Å². The van der Waals surface area contributed by atoms with E-state index in [2.05, 4.69) is 20.9 Å². The summed E-state index contributed by atoms with van der Waals surface area (Å²) >= 11 is 3.43. The first-order chi connectivity index (χ1) is 8.77. The summed E-state index contributed by atoms with van der Waals surface area (Å²) in [7, 11) is 0. The fraction of sp³-hybridized carbons (Fsp3) is 0.0714. The number of fused-ring (bicyclic) bond motifs is 1. The highest BCUT2D eigenvalue weighted by atomic mass is 79.9. The maximum absolute atomic E-state index is 6.26. The van der Waals surface area contributed by atoms with Crippen molar-refractivity contribution in [1.29, 1.82) is 0 Å². The Morgan fingerprint density at radius 3 is 2.78 bits per heavy atom. The molecule has 90 valence electrons. The molecule has 1 unspecified atom stereocenters. The smallest absolute Gasteiger partial charge is 0.139 e. The molecule has 3 aromatic rings. The molecule has 0 bridgehead atoms. The van der Waals surface area contributed by atoms with Crippen molar-refractivity contribution in [3.05, 3.63) is 64.7 Å². The molecule has 0 saturated heterocycles. The van der Waals surface area contributed by atoms with E-state index in [0.717, 1.165) is 20.9 Å². The van der Waals surface area contributed by atoms with Crippen molar-refractivity contribution in [2.75, 3.05) is 0 Å². The number of benzene rings is 1. The zero-order chi connectivity index (χ0) is 12.5. The second-order valence-electron chi connectivity index (χ2n) is 4.03. The van der Waals surface area contributed by atoms with Gasteiger partial charge in [-0.3, -0.25) is 4.98 Å². The maximum Gasteiger partial charge on any atom is 0.139 e. The lowest BCUT2D eigenvalue weighted by Crippen LogP contribution is -2.12. The molecule has 2 aromatic heterocycles. The molecule has 0 spiro atoms. The lowest BCUT2D eigenvalue weighted by molar-refractivity contribution is 0.488. The van der Waals surface area contributed by atoms with Crippen LogP contribution in [0.3, 0.4) is 0 Å². The molecule has 1 aromatic carbocycles. The molecule has 0 fully saturated rings. The third kappa shape index (κ3) is 1.83. The number of nitrogens with two attached hydrogens (primary N) is 1. The van der Waals surface area contributed by atoms with Gasteiger partial charge in [-0.25, -0.2) is 0 Å². The minimum Gasteiger partial charge on any atom is -0.466 e. The Morgan fingerprint density at radius 2 is 2.00 bits per heavy atom. The number of hydrogen-bond donors (Lipinski definition) is 1. The fourth-order valence-electron chi connectivity index (χ4n) is 2.05. The van der Waals surface area contributed by atoms with Gasteiger partial charge in [0, 0.05) is 17.1 Å². The molecule has 0 aliphatic rings. The van der Waals surface area contributed by atoms with E-state index in [0.29, 0.717) is 5.76 Å². The molecule has 1 atom stereocenters. The van der Waals surface area contributed by atoms with E-state index in [1.807, 2.05) is 36.4 Å². The summed E-state index contributed by atoms with van der Waals surface area (Å²) < 4.78 is 6.31. The van der Waals surface area contributed by atoms with Crippen LogP contribution in [0.25, 0.3) is 10.9 Å². The van der Waals surface area contributed by atoms with Crippen LogP contribution >= 0.6 is 15.9 Å². The van der Waals surface area contributed by atoms with Crippen LogP contribution in [-0.2, 0) is 0 Å². The molecule has 2 N–H and O–H groups in total. The van der Waals surface area contributed by atoms with Gasteiger partial charge >= 0.3 is 0 Å². The lowest BCUT2D eigenvalue weighted by Gasteiger charge is -2.12. The van der Waals surface area contributed by atoms with E-state index < -0.39 is 0 Å². The Morgan fingerprint density at radius 1 is 1.17 bits per heavy atom. The molecular formula is C14H11BrN2O. The Labute approximate surface area is 113 Å². The standard InChI is InChI=1S/C14H11BrN2O/c15-11-6-8-18-14(11)12(16)10-5-1-3-9-4-2-7-17-13(9)10/h1-8,12H,16H2. The van der Waals surface area contributed by atoms with E-state index in [9.17, 15) is 0 Å². The van der Waals surface area contributed by atoms with Crippen molar-refractivity contribution in [3.8, 4) is 0 Å². The number of para-hydroxylation sites is 1. The summed E-state index contributed by atoms with van der Waals surface area (Å²) in [6.07, 6.45) is 3.40. The van der Waals surface area contributed by atoms with Crippen LogP contribution in [0.2, 0.25) is 0 Å². The first-order valence-electron chi connectivity index (χ1n) is 5.59. The van der Waals surface area contributed by atoms with Gasteiger partial charge in [0.05, 0.1) is 22.3 Å². The average molecular weight is 303 g/mol. The van der Waals surface area contributed by atoms with E-state index in [1.54, 1.807) is 12.5 Å². The largest absolute Gasteiger partial charge is 0.466 e. The van der Waals surface area contributed by atoms with Crippen molar-refractivity contribution in [2.45, 2.75) is 6.04 Å². The molecule has 0 aliphatic carbocycles. The minimum atomic E-state index is -0.326. The van der Waals surface area contributed by atoms with Gasteiger partial charge in [-0.15, -0.1) is 0 Å². The summed E-state index contributed by atoms with van der Waals surface area (Å²) in [6.45, 7) is 0. The summed E-state index contributed by atoms with van der Waals surface area (Å²) in [5, 5.41) is 1.08. The molecule has 3 nitrogen and oxygen atoms in total. The Kier molecular flexibility index (Phi) is 2.89. The summed E-state index contributed by atoms with van der Waals surface area (Å²) in [5.41, 5.74) is 8.14. The van der Waals surface area contributed by atoms with Crippen LogP contribution < -0.4 is 5.73 Å². The number of hydrogen-bond acceptors (Lipinski definition) is 3. The minimum absolute atomic E-state index is 0.326. The first-order valence-corrected chi connectivity index (χ1v) is 6.39. The normalized spacial score (nSPS) is 12.8.